The Morgan fingerprint density at radius 1 is 0.983 bits per heavy atom. The van der Waals surface area contributed by atoms with E-state index in [1.165, 1.54) is 71.4 Å². The Bertz CT molecular complexity index is 2210. The number of halogens is 2. The minimum atomic E-state index is -2.07. The topological polar surface area (TPSA) is 211 Å². The van der Waals surface area contributed by atoms with E-state index in [4.69, 9.17) is 30.5 Å². The highest BCUT2D eigenvalue weighted by Crippen LogP contribution is 2.49. The molecule has 16 heteroatoms. The van der Waals surface area contributed by atoms with Gasteiger partial charge in [0.15, 0.2) is 0 Å². The molecule has 0 saturated carbocycles. The Labute approximate surface area is 355 Å². The van der Waals surface area contributed by atoms with E-state index in [9.17, 15) is 39.6 Å². The van der Waals surface area contributed by atoms with Crippen molar-refractivity contribution in [3.63, 3.8) is 0 Å². The summed E-state index contributed by atoms with van der Waals surface area (Å²) in [5, 5.41) is 47.9. The number of phenolic OH excluding ortho intramolecular Hbond substituents is 2. The van der Waals surface area contributed by atoms with E-state index in [2.05, 4.69) is 26.2 Å². The lowest BCUT2D eigenvalue weighted by atomic mass is 9.78. The molecular formula is C43H48BrClN2O12. The number of hydrogen-bond acceptors (Lipinski definition) is 13. The summed E-state index contributed by atoms with van der Waals surface area (Å²) in [5.74, 6) is -8.53. The number of amides is 1. The SMILES string of the molecule is CO[C@H]1/C=C/O[C@@]2(C)Oc3c(C)c(O)c4c(c3C2=O)/C(=N/c2c(O)cc(Br)cc2Cl)C=C(NC(=O)/C(C)=C\C=C\[C@H](C)[C@H](O)[C@@H](C)[C@@H](O)[C@@H](C)[C@H](OC(C)=O)[C@@H]1C)C4=O. The summed E-state index contributed by atoms with van der Waals surface area (Å²) >= 11 is 9.78. The van der Waals surface area contributed by atoms with Gasteiger partial charge in [-0.25, -0.2) is 4.99 Å². The molecule has 0 fully saturated rings. The van der Waals surface area contributed by atoms with Crippen molar-refractivity contribution < 1.29 is 58.6 Å². The highest BCUT2D eigenvalue weighted by molar-refractivity contribution is 9.10. The fourth-order valence-corrected chi connectivity index (χ4v) is 8.34. The van der Waals surface area contributed by atoms with Crippen molar-refractivity contribution >= 4 is 62.4 Å². The second-order valence-corrected chi connectivity index (χ2v) is 16.6. The molecule has 1 aliphatic carbocycles. The number of Topliss-reactive ketones (excluding diaryl/α,β-unsaturated/α-hetero) is 2. The number of ketones is 2. The predicted molar refractivity (Wildman–Crippen MR) is 222 cm³/mol. The number of fused-ring (bicyclic) bond motifs is 14. The third-order valence-corrected chi connectivity index (χ3v) is 11.8. The summed E-state index contributed by atoms with van der Waals surface area (Å²) in [6.07, 6.45) is 4.62. The molecule has 5 bridgehead atoms. The molecule has 3 aliphatic heterocycles. The van der Waals surface area contributed by atoms with E-state index >= 15 is 0 Å². The normalized spacial score (nSPS) is 31.7. The molecule has 0 unspecified atom stereocenters. The van der Waals surface area contributed by atoms with Crippen LogP contribution in [-0.4, -0.2) is 86.9 Å². The van der Waals surface area contributed by atoms with Gasteiger partial charge in [0.2, 0.25) is 5.78 Å². The third-order valence-electron chi connectivity index (χ3n) is 11.1. The molecule has 59 heavy (non-hydrogen) atoms. The van der Waals surface area contributed by atoms with Gasteiger partial charge in [0.25, 0.3) is 11.7 Å². The van der Waals surface area contributed by atoms with Crippen molar-refractivity contribution in [2.24, 2.45) is 28.7 Å². The Morgan fingerprint density at radius 3 is 2.29 bits per heavy atom. The second-order valence-electron chi connectivity index (χ2n) is 15.3. The number of aliphatic hydroxyl groups is 2. The summed E-state index contributed by atoms with van der Waals surface area (Å²) in [4.78, 5) is 59.3. The molecule has 2 aromatic rings. The van der Waals surface area contributed by atoms with Crippen LogP contribution in [0.15, 0.2) is 69.5 Å². The Hall–Kier alpha value is -4.80. The van der Waals surface area contributed by atoms with Crippen LogP contribution >= 0.6 is 27.5 Å². The number of nitrogens with one attached hydrogen (secondary N) is 1. The number of esters is 1. The standard InChI is InChI=1S/C43H48BrClN2O12/c1-18-11-10-12-19(2)42(55)47-28-17-27(46-34-26(45)15-25(44)16-29(34)49)31-32(38(28)53)37(52)23(6)40-33(31)41(54)43(8,59-40)57-14-13-30(56-9)20(3)39(58-24(7)48)22(5)36(51)21(4)35(18)50/h10-18,20-22,30,35-36,39,49-52H,1-9H3,(H,47,55)/b11-10+,14-13+,19-12-,46-27+/t18-,20+,21+,22+,30-,35-,36+,39+,43-/m0/s1. The van der Waals surface area contributed by atoms with Gasteiger partial charge in [-0.15, -0.1) is 0 Å². The van der Waals surface area contributed by atoms with E-state index in [0.717, 1.165) is 0 Å². The van der Waals surface area contributed by atoms with Gasteiger partial charge in [-0.1, -0.05) is 73.5 Å². The first-order chi connectivity index (χ1) is 27.6. The number of methoxy groups -OCH3 is 1. The number of phenols is 2. The lowest BCUT2D eigenvalue weighted by Gasteiger charge is -2.38. The van der Waals surface area contributed by atoms with Crippen molar-refractivity contribution in [3.8, 4) is 17.2 Å². The quantitative estimate of drug-likeness (QED) is 0.204. The maximum absolute atomic E-state index is 14.5. The molecule has 316 valence electrons. The third kappa shape index (κ3) is 8.90. The molecule has 2 aromatic carbocycles. The van der Waals surface area contributed by atoms with Crippen molar-refractivity contribution in [2.45, 2.75) is 85.6 Å². The Kier molecular flexibility index (Phi) is 13.7. The summed E-state index contributed by atoms with van der Waals surface area (Å²) in [6.45, 7) is 12.4. The Balaban J connectivity index is 1.72. The van der Waals surface area contributed by atoms with Crippen molar-refractivity contribution in [3.05, 3.63) is 91.8 Å². The van der Waals surface area contributed by atoms with Gasteiger partial charge in [0.1, 0.15) is 29.0 Å². The first-order valence-electron chi connectivity index (χ1n) is 18.9. The fraction of sp³-hybridized carbons (Fsp3) is 0.419. The van der Waals surface area contributed by atoms with Gasteiger partial charge in [-0.05, 0) is 38.1 Å². The zero-order valence-corrected chi connectivity index (χ0v) is 36.3. The molecule has 3 heterocycles. The number of rotatable bonds is 3. The van der Waals surface area contributed by atoms with Gasteiger partial charge < -0.3 is 44.7 Å². The number of carbonyl (C=O) groups excluding carboxylic acids is 4. The first-order valence-corrected chi connectivity index (χ1v) is 20.0. The zero-order chi connectivity index (χ0) is 43.8. The molecule has 0 spiro atoms. The van der Waals surface area contributed by atoms with Crippen molar-refractivity contribution in [1.29, 1.82) is 0 Å². The van der Waals surface area contributed by atoms with Crippen LogP contribution in [0.4, 0.5) is 5.69 Å². The van der Waals surface area contributed by atoms with Crippen molar-refractivity contribution in [1.82, 2.24) is 5.32 Å². The fourth-order valence-electron chi connectivity index (χ4n) is 7.51. The van der Waals surface area contributed by atoms with E-state index < -0.39 is 83.1 Å². The summed E-state index contributed by atoms with van der Waals surface area (Å²) in [6, 6.07) is 2.81. The monoisotopic (exact) mass is 898 g/mol. The van der Waals surface area contributed by atoms with Crippen LogP contribution < -0.4 is 10.1 Å². The maximum Gasteiger partial charge on any atom is 0.312 e. The molecule has 14 nitrogen and oxygen atoms in total. The summed E-state index contributed by atoms with van der Waals surface area (Å²) < 4.78 is 24.1. The van der Waals surface area contributed by atoms with E-state index in [-0.39, 0.29) is 61.4 Å². The van der Waals surface area contributed by atoms with Crippen LogP contribution in [0.3, 0.4) is 0 Å². The average molecular weight is 900 g/mol. The number of ether oxygens (including phenoxy) is 4. The van der Waals surface area contributed by atoms with E-state index in [0.29, 0.717) is 4.47 Å². The number of aliphatic hydroxyl groups excluding tert-OH is 2. The Morgan fingerprint density at radius 2 is 1.66 bits per heavy atom. The maximum atomic E-state index is 14.5. The van der Waals surface area contributed by atoms with Gasteiger partial charge in [-0.2, -0.15) is 0 Å². The smallest absolute Gasteiger partial charge is 0.312 e. The molecular weight excluding hydrogens is 852 g/mol. The highest BCUT2D eigenvalue weighted by atomic mass is 79.9. The summed E-state index contributed by atoms with van der Waals surface area (Å²) in [5.41, 5.74) is -1.09. The zero-order valence-electron chi connectivity index (χ0n) is 34.0. The minimum Gasteiger partial charge on any atom is -0.507 e. The number of nitrogens with zero attached hydrogens (tertiary/aromatic N) is 1. The number of benzene rings is 2. The molecule has 5 N–H and O–H groups in total. The predicted octanol–water partition coefficient (Wildman–Crippen LogP) is 6.69. The van der Waals surface area contributed by atoms with E-state index in [1.807, 2.05) is 0 Å². The van der Waals surface area contributed by atoms with Gasteiger partial charge in [0, 0.05) is 65.8 Å². The number of carbonyl (C=O) groups is 4. The molecule has 4 aliphatic rings. The summed E-state index contributed by atoms with van der Waals surface area (Å²) in [7, 11) is 1.42. The molecule has 0 saturated heterocycles. The van der Waals surface area contributed by atoms with Crippen molar-refractivity contribution in [2.75, 3.05) is 7.11 Å². The molecule has 1 amide bonds. The average Bonchev–Trinajstić information content (AvgIpc) is 3.44. The highest BCUT2D eigenvalue weighted by Gasteiger charge is 2.51. The largest absolute Gasteiger partial charge is 0.507 e. The number of allylic oxidation sites excluding steroid dienone is 4. The molecule has 6 rings (SSSR count). The lowest BCUT2D eigenvalue weighted by molar-refractivity contribution is -0.160. The van der Waals surface area contributed by atoms with Gasteiger partial charge >= 0.3 is 11.8 Å². The van der Waals surface area contributed by atoms with Crippen LogP contribution in [0.25, 0.3) is 0 Å². The van der Waals surface area contributed by atoms with Crippen LogP contribution in [-0.2, 0) is 23.8 Å². The number of hydrogen-bond donors (Lipinski definition) is 5. The molecule has 0 radical (unpaired) electrons. The number of aliphatic imine (C=N–C) groups is 1. The van der Waals surface area contributed by atoms with Gasteiger partial charge in [-0.3, -0.25) is 19.2 Å². The molecule has 0 aromatic heterocycles. The van der Waals surface area contributed by atoms with Crippen LogP contribution in [0.5, 0.6) is 17.2 Å². The number of aromatic hydroxyl groups is 2. The van der Waals surface area contributed by atoms with Crippen LogP contribution in [0, 0.1) is 30.6 Å². The van der Waals surface area contributed by atoms with Crippen LogP contribution in [0.2, 0.25) is 5.02 Å². The van der Waals surface area contributed by atoms with Gasteiger partial charge in [0.05, 0.1) is 52.1 Å². The lowest BCUT2D eigenvalue weighted by Crippen LogP contribution is -2.46. The van der Waals surface area contributed by atoms with E-state index in [1.54, 1.807) is 39.8 Å². The second kappa shape index (κ2) is 17.8. The minimum absolute atomic E-state index is 0.00332. The van der Waals surface area contributed by atoms with Crippen LogP contribution in [0.1, 0.15) is 80.3 Å². The first kappa shape index (κ1) is 45.3. The molecule has 9 atom stereocenters.